The van der Waals surface area contributed by atoms with E-state index in [1.54, 1.807) is 6.08 Å². The van der Waals surface area contributed by atoms with Gasteiger partial charge in [-0.25, -0.2) is 9.97 Å². The lowest BCUT2D eigenvalue weighted by Crippen LogP contribution is -1.98. The van der Waals surface area contributed by atoms with Crippen molar-refractivity contribution in [2.24, 2.45) is 5.10 Å². The lowest BCUT2D eigenvalue weighted by atomic mass is 10.0. The van der Waals surface area contributed by atoms with Crippen molar-refractivity contribution in [3.63, 3.8) is 0 Å². The van der Waals surface area contributed by atoms with Crippen LogP contribution in [0.2, 0.25) is 0 Å². The Balaban J connectivity index is 0.000000792. The molecule has 0 unspecified atom stereocenters. The zero-order chi connectivity index (χ0) is 33.8. The Kier molecular flexibility index (Phi) is 9.70. The predicted molar refractivity (Wildman–Crippen MR) is 190 cm³/mol. The Morgan fingerprint density at radius 2 is 1.36 bits per heavy atom. The number of aromatic amines is 2. The molecule has 0 saturated carbocycles. The van der Waals surface area contributed by atoms with Crippen molar-refractivity contribution in [1.29, 1.82) is 0 Å². The highest BCUT2D eigenvalue weighted by Gasteiger charge is 2.21. The van der Waals surface area contributed by atoms with Gasteiger partial charge in [0.15, 0.2) is 0 Å². The molecule has 0 aliphatic carbocycles. The fourth-order valence-corrected chi connectivity index (χ4v) is 6.09. The molecule has 5 N–H and O–H groups in total. The number of fused-ring (bicyclic) bond motifs is 8. The summed E-state index contributed by atoms with van der Waals surface area (Å²) < 4.78 is 0. The van der Waals surface area contributed by atoms with Crippen molar-refractivity contribution in [1.82, 2.24) is 25.4 Å². The van der Waals surface area contributed by atoms with Gasteiger partial charge < -0.3 is 25.6 Å². The minimum atomic E-state index is -0.883. The van der Waals surface area contributed by atoms with Gasteiger partial charge in [0.25, 0.3) is 0 Å². The highest BCUT2D eigenvalue weighted by molar-refractivity contribution is 5.98. The van der Waals surface area contributed by atoms with E-state index in [2.05, 4.69) is 33.7 Å². The summed E-state index contributed by atoms with van der Waals surface area (Å²) in [5.74, 6) is -1.76. The molecule has 3 aromatic rings. The van der Waals surface area contributed by atoms with Crippen molar-refractivity contribution >= 4 is 68.6 Å². The smallest absolute Gasteiger partial charge is 0.303 e. The first-order valence-electron chi connectivity index (χ1n) is 15.6. The molecule has 0 radical (unpaired) electrons. The Morgan fingerprint density at radius 1 is 0.766 bits per heavy atom. The molecule has 0 amide bonds. The Morgan fingerprint density at radius 3 is 1.98 bits per heavy atom. The van der Waals surface area contributed by atoms with Crippen LogP contribution in [0.1, 0.15) is 84.6 Å². The number of allylic oxidation sites excluding steroid dienone is 5. The van der Waals surface area contributed by atoms with E-state index in [-0.39, 0.29) is 12.8 Å². The van der Waals surface area contributed by atoms with E-state index in [0.717, 1.165) is 96.7 Å². The van der Waals surface area contributed by atoms with Gasteiger partial charge in [0.05, 0.1) is 22.8 Å². The van der Waals surface area contributed by atoms with Gasteiger partial charge in [0.2, 0.25) is 0 Å². The van der Waals surface area contributed by atoms with Crippen LogP contribution in [0.25, 0.3) is 50.4 Å². The summed E-state index contributed by atoms with van der Waals surface area (Å²) in [6.45, 7) is 17.1. The maximum Gasteiger partial charge on any atom is 0.303 e. The number of H-pyrrole nitrogens is 2. The minimum Gasteiger partial charge on any atom is -0.481 e. The van der Waals surface area contributed by atoms with Gasteiger partial charge in [0, 0.05) is 65.2 Å². The van der Waals surface area contributed by atoms with Crippen molar-refractivity contribution in [3.05, 3.63) is 88.5 Å². The van der Waals surface area contributed by atoms with Gasteiger partial charge in [0.1, 0.15) is 0 Å². The van der Waals surface area contributed by atoms with E-state index >= 15 is 0 Å². The zero-order valence-corrected chi connectivity index (χ0v) is 27.3. The van der Waals surface area contributed by atoms with Crippen LogP contribution < -0.4 is 5.43 Å². The normalized spacial score (nSPS) is 13.7. The van der Waals surface area contributed by atoms with Gasteiger partial charge in [-0.1, -0.05) is 25.3 Å². The van der Waals surface area contributed by atoms with Gasteiger partial charge in [-0.15, -0.1) is 0 Å². The van der Waals surface area contributed by atoms with Gasteiger partial charge in [-0.2, -0.15) is 5.10 Å². The molecule has 6 rings (SSSR count). The molecule has 8 bridgehead atoms. The van der Waals surface area contributed by atoms with Crippen LogP contribution in [0.3, 0.4) is 0 Å². The first-order valence-corrected chi connectivity index (χ1v) is 15.6. The molecule has 6 heterocycles. The highest BCUT2D eigenvalue weighted by atomic mass is 16.4. The fourth-order valence-electron chi connectivity index (χ4n) is 6.09. The Labute approximate surface area is 273 Å². The van der Waals surface area contributed by atoms with Crippen LogP contribution in [0.5, 0.6) is 0 Å². The van der Waals surface area contributed by atoms with Crippen molar-refractivity contribution in [2.45, 2.75) is 59.8 Å². The number of nitrogens with one attached hydrogen (secondary N) is 3. The second-order valence-corrected chi connectivity index (χ2v) is 11.7. The van der Waals surface area contributed by atoms with Crippen LogP contribution in [0.4, 0.5) is 0 Å². The van der Waals surface area contributed by atoms with E-state index < -0.39 is 11.9 Å². The van der Waals surface area contributed by atoms with Gasteiger partial charge in [-0.3, -0.25) is 9.59 Å². The summed E-state index contributed by atoms with van der Waals surface area (Å²) in [5, 5.41) is 22.6. The zero-order valence-electron chi connectivity index (χ0n) is 27.3. The number of hydrazone groups is 1. The molecular weight excluding hydrogens is 592 g/mol. The number of carboxylic acids is 2. The number of aliphatic carboxylic acids is 2. The second-order valence-electron chi connectivity index (χ2n) is 11.7. The van der Waals surface area contributed by atoms with Crippen molar-refractivity contribution in [2.75, 3.05) is 6.54 Å². The largest absolute Gasteiger partial charge is 0.481 e. The van der Waals surface area contributed by atoms with Crippen LogP contribution in [-0.2, 0) is 16.0 Å². The van der Waals surface area contributed by atoms with Crippen LogP contribution in [0.15, 0.2) is 48.6 Å². The molecule has 3 aliphatic heterocycles. The number of aromatic nitrogens is 4. The number of hydrogen-bond acceptors (Lipinski definition) is 6. The fraction of sp³-hybridized carbons (Fsp3) is 0.270. The van der Waals surface area contributed by atoms with E-state index in [0.29, 0.717) is 18.5 Å². The number of carbonyl (C=O) groups is 2. The van der Waals surface area contributed by atoms with Crippen LogP contribution in [-0.4, -0.2) is 54.8 Å². The standard InChI is InChI=1S/C34H34N4O4.C3H6N2/c1-7-21-17(3)25-13-26-19(5)23(9-11-33(39)40)31(37-26)16-32-24(10-12-34(41)42)20(6)28(38-32)15-30-22(8-2)18(4)27(36-30)14-29(21)35-25;1-2-4-5-3-1/h7-8,13-16,35,38H,1-2,9-12H2,3-6H3,(H,39,40)(H,41,42);2,5H,1,3H2. The lowest BCUT2D eigenvalue weighted by Gasteiger charge is -2.03. The molecule has 0 spiro atoms. The maximum atomic E-state index is 11.5. The SMILES string of the molecule is C1=NNCC1.C=CC1=C(C)c2cc3[nH]c(cc4nc(cc5[nH]c(cc1n2)c(C)c5CCC(=O)O)C(CCC(=O)O)=C4C)c(C)c3C=C. The average Bonchev–Trinajstić information content (AvgIpc) is 3.84. The van der Waals surface area contributed by atoms with E-state index in [1.165, 1.54) is 0 Å². The Hall–Kier alpha value is -5.51. The summed E-state index contributed by atoms with van der Waals surface area (Å²) in [5.41, 5.74) is 16.5. The number of carboxylic acid groups (broad SMARTS) is 2. The molecule has 47 heavy (non-hydrogen) atoms. The second kappa shape index (κ2) is 13.9. The third-order valence-corrected chi connectivity index (χ3v) is 8.79. The molecule has 0 fully saturated rings. The minimum absolute atomic E-state index is 0.0259. The van der Waals surface area contributed by atoms with Crippen LogP contribution >= 0.6 is 0 Å². The molecule has 0 saturated heterocycles. The summed E-state index contributed by atoms with van der Waals surface area (Å²) in [4.78, 5) is 40.0. The number of rotatable bonds is 8. The third kappa shape index (κ3) is 6.86. The first kappa shape index (κ1) is 32.9. The summed E-state index contributed by atoms with van der Waals surface area (Å²) in [6.07, 6.45) is 7.19. The number of nitrogens with zero attached hydrogens (tertiary/aromatic N) is 3. The van der Waals surface area contributed by atoms with Gasteiger partial charge in [-0.05, 0) is 98.2 Å². The lowest BCUT2D eigenvalue weighted by molar-refractivity contribution is -0.137. The monoisotopic (exact) mass is 632 g/mol. The van der Waals surface area contributed by atoms with E-state index in [1.807, 2.05) is 64.3 Å². The summed E-state index contributed by atoms with van der Waals surface area (Å²) in [6, 6.07) is 7.88. The molecule has 0 aromatic carbocycles. The van der Waals surface area contributed by atoms with Crippen molar-refractivity contribution < 1.29 is 19.8 Å². The number of aryl methyl sites for hydroxylation is 3. The molecule has 10 heteroatoms. The van der Waals surface area contributed by atoms with E-state index in [4.69, 9.17) is 9.97 Å². The molecule has 3 aliphatic rings. The molecule has 242 valence electrons. The quantitative estimate of drug-likeness (QED) is 0.172. The molecule has 0 atom stereocenters. The molecule has 3 aromatic heterocycles. The van der Waals surface area contributed by atoms with E-state index in [9.17, 15) is 19.8 Å². The number of hydrogen-bond donors (Lipinski definition) is 5. The van der Waals surface area contributed by atoms with Crippen molar-refractivity contribution in [3.8, 4) is 0 Å². The summed E-state index contributed by atoms with van der Waals surface area (Å²) in [7, 11) is 0. The molecular formula is C37H40N6O4. The van der Waals surface area contributed by atoms with Gasteiger partial charge >= 0.3 is 11.9 Å². The van der Waals surface area contributed by atoms with Crippen LogP contribution in [0, 0.1) is 13.8 Å². The maximum absolute atomic E-state index is 11.5. The predicted octanol–water partition coefficient (Wildman–Crippen LogP) is 7.47. The average molecular weight is 633 g/mol. The highest BCUT2D eigenvalue weighted by Crippen LogP contribution is 2.36. The first-order chi connectivity index (χ1) is 22.5. The topological polar surface area (TPSA) is 156 Å². The third-order valence-electron chi connectivity index (χ3n) is 8.79. The summed E-state index contributed by atoms with van der Waals surface area (Å²) >= 11 is 0. The molecule has 10 nitrogen and oxygen atoms in total. The Bertz CT molecular complexity index is 2050.